The molecule has 0 spiro atoms. The predicted molar refractivity (Wildman–Crippen MR) is 61.9 cm³/mol. The lowest BCUT2D eigenvalue weighted by atomic mass is 10.0. The summed E-state index contributed by atoms with van der Waals surface area (Å²) in [5, 5.41) is 0. The largest absolute Gasteiger partial charge is 0.427 e. The SMILES string of the molecule is C=Cc1cc(OC(C)=O)cc(C(C)C)c1. The van der Waals surface area contributed by atoms with E-state index >= 15 is 0 Å². The molecule has 0 aliphatic carbocycles. The molecule has 0 atom stereocenters. The van der Waals surface area contributed by atoms with Crippen LogP contribution in [-0.4, -0.2) is 5.97 Å². The Labute approximate surface area is 90.6 Å². The number of esters is 1. The van der Waals surface area contributed by atoms with Gasteiger partial charge in [-0.1, -0.05) is 32.6 Å². The molecule has 0 saturated heterocycles. The van der Waals surface area contributed by atoms with Crippen molar-refractivity contribution in [2.75, 3.05) is 0 Å². The van der Waals surface area contributed by atoms with Crippen molar-refractivity contribution in [3.8, 4) is 5.75 Å². The van der Waals surface area contributed by atoms with Gasteiger partial charge in [0.1, 0.15) is 5.75 Å². The van der Waals surface area contributed by atoms with Crippen LogP contribution in [-0.2, 0) is 4.79 Å². The van der Waals surface area contributed by atoms with Crippen LogP contribution in [0.2, 0.25) is 0 Å². The summed E-state index contributed by atoms with van der Waals surface area (Å²) in [6.45, 7) is 9.30. The molecule has 15 heavy (non-hydrogen) atoms. The molecule has 2 nitrogen and oxygen atoms in total. The van der Waals surface area contributed by atoms with E-state index in [1.165, 1.54) is 6.92 Å². The van der Waals surface area contributed by atoms with Crippen molar-refractivity contribution in [2.24, 2.45) is 0 Å². The minimum atomic E-state index is -0.300. The predicted octanol–water partition coefficient (Wildman–Crippen LogP) is 3.38. The maximum Gasteiger partial charge on any atom is 0.308 e. The maximum atomic E-state index is 10.8. The van der Waals surface area contributed by atoms with Gasteiger partial charge in [-0.3, -0.25) is 4.79 Å². The third kappa shape index (κ3) is 3.24. The lowest BCUT2D eigenvalue weighted by molar-refractivity contribution is -0.131. The molecule has 0 aromatic heterocycles. The topological polar surface area (TPSA) is 26.3 Å². The highest BCUT2D eigenvalue weighted by Crippen LogP contribution is 2.23. The molecular formula is C13H16O2. The van der Waals surface area contributed by atoms with Crippen LogP contribution in [0, 0.1) is 0 Å². The summed E-state index contributed by atoms with van der Waals surface area (Å²) in [6, 6.07) is 5.74. The molecule has 0 bridgehead atoms. The average molecular weight is 204 g/mol. The zero-order valence-electron chi connectivity index (χ0n) is 9.41. The van der Waals surface area contributed by atoms with Crippen LogP contribution in [0.3, 0.4) is 0 Å². The van der Waals surface area contributed by atoms with Crippen molar-refractivity contribution in [3.05, 3.63) is 35.9 Å². The summed E-state index contributed by atoms with van der Waals surface area (Å²) in [5.74, 6) is 0.689. The Balaban J connectivity index is 3.10. The van der Waals surface area contributed by atoms with E-state index in [0.29, 0.717) is 11.7 Å². The van der Waals surface area contributed by atoms with Crippen LogP contribution in [0.1, 0.15) is 37.8 Å². The molecule has 0 unspecified atom stereocenters. The van der Waals surface area contributed by atoms with Gasteiger partial charge < -0.3 is 4.74 Å². The lowest BCUT2D eigenvalue weighted by Crippen LogP contribution is -2.02. The normalized spacial score (nSPS) is 10.1. The number of rotatable bonds is 3. The van der Waals surface area contributed by atoms with Crippen LogP contribution >= 0.6 is 0 Å². The molecule has 1 rings (SSSR count). The van der Waals surface area contributed by atoms with Crippen LogP contribution in [0.4, 0.5) is 0 Å². The Kier molecular flexibility index (Phi) is 3.67. The van der Waals surface area contributed by atoms with Crippen LogP contribution in [0.15, 0.2) is 24.8 Å². The van der Waals surface area contributed by atoms with Gasteiger partial charge in [-0.15, -0.1) is 0 Å². The molecule has 0 heterocycles. The summed E-state index contributed by atoms with van der Waals surface area (Å²) in [4.78, 5) is 10.8. The number of ether oxygens (including phenoxy) is 1. The molecule has 0 radical (unpaired) electrons. The van der Waals surface area contributed by atoms with Gasteiger partial charge in [0.15, 0.2) is 0 Å². The lowest BCUT2D eigenvalue weighted by Gasteiger charge is -2.09. The first-order valence-electron chi connectivity index (χ1n) is 4.98. The van der Waals surface area contributed by atoms with Gasteiger partial charge in [-0.05, 0) is 29.2 Å². The van der Waals surface area contributed by atoms with Gasteiger partial charge in [0, 0.05) is 6.92 Å². The van der Waals surface area contributed by atoms with Crippen molar-refractivity contribution in [1.29, 1.82) is 0 Å². The average Bonchev–Trinajstić information content (AvgIpc) is 2.16. The highest BCUT2D eigenvalue weighted by Gasteiger charge is 2.05. The van der Waals surface area contributed by atoms with Crippen molar-refractivity contribution < 1.29 is 9.53 Å². The van der Waals surface area contributed by atoms with E-state index in [1.54, 1.807) is 12.1 Å². The molecule has 0 aliphatic heterocycles. The second-order valence-corrected chi connectivity index (χ2v) is 3.79. The summed E-state index contributed by atoms with van der Waals surface area (Å²) >= 11 is 0. The molecule has 0 N–H and O–H groups in total. The van der Waals surface area contributed by atoms with E-state index in [-0.39, 0.29) is 5.97 Å². The Morgan fingerprint density at radius 2 is 2.07 bits per heavy atom. The summed E-state index contributed by atoms with van der Waals surface area (Å²) < 4.78 is 5.06. The third-order valence-corrected chi connectivity index (χ3v) is 2.12. The van der Waals surface area contributed by atoms with Crippen molar-refractivity contribution in [2.45, 2.75) is 26.7 Å². The van der Waals surface area contributed by atoms with Gasteiger partial charge >= 0.3 is 5.97 Å². The quantitative estimate of drug-likeness (QED) is 0.557. The molecule has 0 aliphatic rings. The maximum absolute atomic E-state index is 10.8. The number of carbonyl (C=O) groups is 1. The first kappa shape index (κ1) is 11.5. The van der Waals surface area contributed by atoms with E-state index in [4.69, 9.17) is 4.74 Å². The zero-order valence-corrected chi connectivity index (χ0v) is 9.41. The van der Waals surface area contributed by atoms with Crippen molar-refractivity contribution in [3.63, 3.8) is 0 Å². The first-order chi connectivity index (χ1) is 7.02. The number of hydrogen-bond acceptors (Lipinski definition) is 2. The molecular weight excluding hydrogens is 188 g/mol. The summed E-state index contributed by atoms with van der Waals surface area (Å²) in [6.07, 6.45) is 1.75. The molecule has 0 fully saturated rings. The van der Waals surface area contributed by atoms with Crippen LogP contribution in [0.25, 0.3) is 6.08 Å². The fraction of sp³-hybridized carbons (Fsp3) is 0.308. The van der Waals surface area contributed by atoms with E-state index in [2.05, 4.69) is 20.4 Å². The minimum Gasteiger partial charge on any atom is -0.427 e. The number of carbonyl (C=O) groups excluding carboxylic acids is 1. The fourth-order valence-corrected chi connectivity index (χ4v) is 1.32. The first-order valence-corrected chi connectivity index (χ1v) is 4.98. The van der Waals surface area contributed by atoms with Crippen molar-refractivity contribution in [1.82, 2.24) is 0 Å². The second-order valence-electron chi connectivity index (χ2n) is 3.79. The van der Waals surface area contributed by atoms with E-state index in [1.807, 2.05) is 12.1 Å². The molecule has 1 aromatic rings. The van der Waals surface area contributed by atoms with Gasteiger partial charge in [-0.25, -0.2) is 0 Å². The van der Waals surface area contributed by atoms with E-state index < -0.39 is 0 Å². The molecule has 1 aromatic carbocycles. The smallest absolute Gasteiger partial charge is 0.308 e. The van der Waals surface area contributed by atoms with Gasteiger partial charge in [0.05, 0.1) is 0 Å². The number of hydrogen-bond donors (Lipinski definition) is 0. The zero-order chi connectivity index (χ0) is 11.4. The molecule has 2 heteroatoms. The van der Waals surface area contributed by atoms with Gasteiger partial charge in [-0.2, -0.15) is 0 Å². The second kappa shape index (κ2) is 4.78. The van der Waals surface area contributed by atoms with Crippen molar-refractivity contribution >= 4 is 12.0 Å². The van der Waals surface area contributed by atoms with Crippen LogP contribution in [0.5, 0.6) is 5.75 Å². The highest BCUT2D eigenvalue weighted by atomic mass is 16.5. The van der Waals surface area contributed by atoms with Gasteiger partial charge in [0.2, 0.25) is 0 Å². The molecule has 0 saturated carbocycles. The van der Waals surface area contributed by atoms with Crippen LogP contribution < -0.4 is 4.74 Å². The number of benzene rings is 1. The fourth-order valence-electron chi connectivity index (χ4n) is 1.32. The minimum absolute atomic E-state index is 0.300. The van der Waals surface area contributed by atoms with E-state index in [0.717, 1.165) is 11.1 Å². The summed E-state index contributed by atoms with van der Waals surface area (Å²) in [5.41, 5.74) is 2.11. The highest BCUT2D eigenvalue weighted by molar-refractivity contribution is 5.70. The monoisotopic (exact) mass is 204 g/mol. The van der Waals surface area contributed by atoms with Gasteiger partial charge in [0.25, 0.3) is 0 Å². The Morgan fingerprint density at radius 1 is 1.40 bits per heavy atom. The third-order valence-electron chi connectivity index (χ3n) is 2.12. The summed E-state index contributed by atoms with van der Waals surface area (Å²) in [7, 11) is 0. The molecule has 0 amide bonds. The Hall–Kier alpha value is -1.57. The standard InChI is InChI=1S/C13H16O2/c1-5-11-6-12(9(2)3)8-13(7-11)15-10(4)14/h5-9H,1H2,2-4H3. The van der Waals surface area contributed by atoms with E-state index in [9.17, 15) is 4.79 Å². The molecule has 80 valence electrons. The Bertz CT molecular complexity index is 378. The Morgan fingerprint density at radius 3 is 2.53 bits per heavy atom.